The Bertz CT molecular complexity index is 1310. The fourth-order valence-electron chi connectivity index (χ4n) is 5.17. The van der Waals surface area contributed by atoms with E-state index in [-0.39, 0.29) is 47.9 Å². The third-order valence-corrected chi connectivity index (χ3v) is 7.75. The van der Waals surface area contributed by atoms with Gasteiger partial charge in [-0.25, -0.2) is 9.59 Å². The summed E-state index contributed by atoms with van der Waals surface area (Å²) in [5.41, 5.74) is 5.59. The zero-order valence-electron chi connectivity index (χ0n) is 27.6. The molecule has 2 aliphatic rings. The van der Waals surface area contributed by atoms with Crippen LogP contribution in [0.25, 0.3) is 0 Å². The zero-order chi connectivity index (χ0) is 34.6. The number of rotatable bonds is 7. The normalized spacial score (nSPS) is 29.8. The number of fused-ring (bicyclic) bond motifs is 2. The predicted octanol–water partition coefficient (Wildman–Crippen LogP) is 3.29. The van der Waals surface area contributed by atoms with Crippen molar-refractivity contribution in [1.82, 2.24) is 10.6 Å². The van der Waals surface area contributed by atoms with E-state index in [2.05, 4.69) is 10.6 Å². The van der Waals surface area contributed by atoms with E-state index in [1.807, 2.05) is 13.8 Å². The fraction of sp³-hybridized carbons (Fsp3) is 0.545. The van der Waals surface area contributed by atoms with Crippen LogP contribution < -0.4 is 16.4 Å². The lowest BCUT2D eigenvalue weighted by atomic mass is 9.85. The number of amides is 3. The minimum Gasteiger partial charge on any atom is -0.449 e. The quantitative estimate of drug-likeness (QED) is 0.181. The minimum absolute atomic E-state index is 0.00954. The Morgan fingerprint density at radius 3 is 2.43 bits per heavy atom. The molecule has 5 N–H and O–H groups in total. The van der Waals surface area contributed by atoms with Gasteiger partial charge in [0.2, 0.25) is 11.6 Å². The number of ether oxygens (including phenoxy) is 4. The Morgan fingerprint density at radius 2 is 1.83 bits per heavy atom. The van der Waals surface area contributed by atoms with E-state index in [1.54, 1.807) is 26.0 Å². The highest BCUT2D eigenvalue weighted by Crippen LogP contribution is 2.29. The molecule has 0 aromatic rings. The predicted molar refractivity (Wildman–Crippen MR) is 169 cm³/mol. The van der Waals surface area contributed by atoms with Crippen molar-refractivity contribution in [3.05, 3.63) is 58.5 Å². The number of carbonyl (C=O) groups excluding carboxylic acids is 5. The first kappa shape index (κ1) is 38.1. The van der Waals surface area contributed by atoms with Crippen LogP contribution in [0.15, 0.2) is 58.5 Å². The summed E-state index contributed by atoms with van der Waals surface area (Å²) in [5, 5.41) is 16.2. The van der Waals surface area contributed by atoms with Gasteiger partial charge in [0.25, 0.3) is 5.91 Å². The molecule has 0 radical (unpaired) electrons. The molecule has 0 saturated carbocycles. The second-order valence-electron chi connectivity index (χ2n) is 11.5. The molecule has 13 nitrogen and oxygen atoms in total. The molecule has 0 aromatic heterocycles. The van der Waals surface area contributed by atoms with Gasteiger partial charge in [-0.05, 0) is 44.6 Å². The number of methoxy groups -OCH3 is 2. The number of nitrogens with one attached hydrogen (secondary N) is 2. The number of nitrogens with two attached hydrogens (primary N) is 1. The highest BCUT2D eigenvalue weighted by molar-refractivity contribution is 6.24. The number of allylic oxidation sites excluding steroid dienone is 4. The second-order valence-corrected chi connectivity index (χ2v) is 11.5. The van der Waals surface area contributed by atoms with Crippen molar-refractivity contribution < 1.29 is 48.0 Å². The first-order valence-corrected chi connectivity index (χ1v) is 15.3. The number of unbranched alkanes of at least 4 members (excludes halogenated alkanes) is 1. The summed E-state index contributed by atoms with van der Waals surface area (Å²) in [5.74, 6) is -2.81. The number of Topliss-reactive ketones (excluding diaryl/α,β-unsaturated/α-hetero) is 1. The molecule has 0 saturated heterocycles. The van der Waals surface area contributed by atoms with E-state index in [0.717, 1.165) is 12.5 Å². The van der Waals surface area contributed by atoms with E-state index >= 15 is 0 Å². The molecule has 46 heavy (non-hydrogen) atoms. The van der Waals surface area contributed by atoms with Crippen molar-refractivity contribution in [3.8, 4) is 0 Å². The molecule has 1 heterocycles. The molecule has 6 atom stereocenters. The number of hydrogen-bond donors (Lipinski definition) is 4. The van der Waals surface area contributed by atoms with Crippen LogP contribution in [-0.4, -0.2) is 80.0 Å². The van der Waals surface area contributed by atoms with Crippen LogP contribution in [-0.2, 0) is 33.3 Å². The van der Waals surface area contributed by atoms with Gasteiger partial charge in [-0.3, -0.25) is 19.7 Å². The smallest absolute Gasteiger partial charge is 0.411 e. The number of aliphatic hydroxyl groups is 1. The first-order chi connectivity index (χ1) is 21.7. The summed E-state index contributed by atoms with van der Waals surface area (Å²) >= 11 is 0. The monoisotopic (exact) mass is 645 g/mol. The van der Waals surface area contributed by atoms with Crippen LogP contribution in [0.1, 0.15) is 60.3 Å². The van der Waals surface area contributed by atoms with E-state index in [4.69, 9.17) is 24.7 Å². The average molecular weight is 646 g/mol. The van der Waals surface area contributed by atoms with E-state index < -0.39 is 60.0 Å². The molecule has 2 rings (SSSR count). The molecular formula is C33H47N3O10. The molecule has 0 spiro atoms. The first-order valence-electron chi connectivity index (χ1n) is 15.3. The van der Waals surface area contributed by atoms with Crippen molar-refractivity contribution in [3.63, 3.8) is 0 Å². The van der Waals surface area contributed by atoms with Gasteiger partial charge in [-0.2, -0.15) is 0 Å². The van der Waals surface area contributed by atoms with Crippen LogP contribution in [0.5, 0.6) is 0 Å². The Kier molecular flexibility index (Phi) is 15.1. The summed E-state index contributed by atoms with van der Waals surface area (Å²) < 4.78 is 21.7. The Labute approximate surface area is 269 Å². The number of alkyl carbamates (subject to hydrolysis) is 1. The van der Waals surface area contributed by atoms with Crippen molar-refractivity contribution in [2.24, 2.45) is 17.6 Å². The van der Waals surface area contributed by atoms with E-state index in [9.17, 15) is 29.1 Å². The SMILES string of the molecule is CCCCOC(=O)NC1=C2C[C@@H](C)C[C@H](OC)[C@H](O)[C@@H](C)/C=C(\C)[C@H](OC(N)=O)[C@@H](OC)/C=C/C=C(/C)C(=O)NC(=CC1=O)C2=O. The number of hydrogen-bond acceptors (Lipinski definition) is 10. The third kappa shape index (κ3) is 10.8. The highest BCUT2D eigenvalue weighted by Gasteiger charge is 2.34. The largest absolute Gasteiger partial charge is 0.449 e. The lowest BCUT2D eigenvalue weighted by Gasteiger charge is -2.30. The van der Waals surface area contributed by atoms with Gasteiger partial charge >= 0.3 is 12.2 Å². The van der Waals surface area contributed by atoms with Gasteiger partial charge in [0.05, 0.1) is 30.2 Å². The van der Waals surface area contributed by atoms with Crippen molar-refractivity contribution in [1.29, 1.82) is 0 Å². The molecule has 13 heteroatoms. The maximum Gasteiger partial charge on any atom is 0.411 e. The van der Waals surface area contributed by atoms with E-state index in [1.165, 1.54) is 33.3 Å². The van der Waals surface area contributed by atoms with Crippen molar-refractivity contribution >= 4 is 29.7 Å². The molecule has 1 aliphatic heterocycles. The standard InChI is InChI=1S/C33H47N3O10/c1-8-9-13-45-33(42)36-27-22-14-18(2)15-26(44-7)28(38)20(4)16-21(5)30(46-32(34)41)25(43-6)12-10-11-19(3)31(40)35-23(29(22)39)17-24(27)37/h10-12,16-18,20,25-26,28,30,38H,8-9,13-15H2,1-7H3,(H2,34,41)(H,35,40)(H,36,42)/b12-10+,19-11-,21-16+/t18-,20+,25+,26+,28-,30+/m1/s1. The average Bonchev–Trinajstić information content (AvgIpc) is 3.00. The third-order valence-electron chi connectivity index (χ3n) is 7.75. The van der Waals surface area contributed by atoms with E-state index in [0.29, 0.717) is 12.0 Å². The van der Waals surface area contributed by atoms with Gasteiger partial charge in [-0.15, -0.1) is 0 Å². The Morgan fingerprint density at radius 1 is 1.13 bits per heavy atom. The minimum atomic E-state index is -1.03. The highest BCUT2D eigenvalue weighted by atomic mass is 16.6. The summed E-state index contributed by atoms with van der Waals surface area (Å²) in [6.45, 7) is 8.87. The summed E-state index contributed by atoms with van der Waals surface area (Å²) in [4.78, 5) is 64.2. The Balaban J connectivity index is 2.61. The number of aliphatic hydroxyl groups excluding tert-OH is 1. The molecular weight excluding hydrogens is 598 g/mol. The van der Waals surface area contributed by atoms with Gasteiger partial charge in [0, 0.05) is 37.4 Å². The van der Waals surface area contributed by atoms with Gasteiger partial charge in [0.15, 0.2) is 6.10 Å². The molecule has 0 fully saturated rings. The second kappa shape index (κ2) is 18.2. The summed E-state index contributed by atoms with van der Waals surface area (Å²) in [6, 6.07) is 0. The summed E-state index contributed by atoms with van der Waals surface area (Å²) in [7, 11) is 2.86. The molecule has 2 bridgehead atoms. The number of primary amides is 1. The van der Waals surface area contributed by atoms with Gasteiger partial charge in [-0.1, -0.05) is 51.5 Å². The molecule has 0 aromatic carbocycles. The molecule has 3 amide bonds. The zero-order valence-corrected chi connectivity index (χ0v) is 27.6. The molecule has 1 aliphatic carbocycles. The van der Waals surface area contributed by atoms with Gasteiger partial charge < -0.3 is 35.1 Å². The fourth-order valence-corrected chi connectivity index (χ4v) is 5.17. The maximum atomic E-state index is 13.7. The lowest BCUT2D eigenvalue weighted by molar-refractivity contribution is -0.120. The van der Waals surface area contributed by atoms with Crippen LogP contribution in [0, 0.1) is 11.8 Å². The number of ketones is 2. The van der Waals surface area contributed by atoms with Crippen LogP contribution in [0.4, 0.5) is 9.59 Å². The molecule has 0 unspecified atom stereocenters. The van der Waals surface area contributed by atoms with Crippen LogP contribution in [0.2, 0.25) is 0 Å². The summed E-state index contributed by atoms with van der Waals surface area (Å²) in [6.07, 6.45) is 3.52. The Hall–Kier alpha value is -4.07. The molecule has 254 valence electrons. The van der Waals surface area contributed by atoms with Gasteiger partial charge in [0.1, 0.15) is 6.10 Å². The van der Waals surface area contributed by atoms with Crippen LogP contribution >= 0.6 is 0 Å². The van der Waals surface area contributed by atoms with Crippen LogP contribution in [0.3, 0.4) is 0 Å². The maximum absolute atomic E-state index is 13.7. The van der Waals surface area contributed by atoms with Crippen molar-refractivity contribution in [2.45, 2.75) is 84.7 Å². The number of carbonyl (C=O) groups is 5. The topological polar surface area (TPSA) is 193 Å². The lowest BCUT2D eigenvalue weighted by Crippen LogP contribution is -2.38. The van der Waals surface area contributed by atoms with Crippen molar-refractivity contribution in [2.75, 3.05) is 20.8 Å².